The Morgan fingerprint density at radius 1 is 1.17 bits per heavy atom. The lowest BCUT2D eigenvalue weighted by atomic mass is 9.89. The second kappa shape index (κ2) is 7.16. The van der Waals surface area contributed by atoms with Gasteiger partial charge in [-0.15, -0.1) is 0 Å². The molecule has 0 aliphatic carbocycles. The number of piperidine rings is 1. The molecule has 154 valence electrons. The number of fused-ring (bicyclic) bond motifs is 5. The molecule has 10 heteroatoms. The smallest absolute Gasteiger partial charge is 0.455 e. The number of carbonyl (C=O) groups is 1. The predicted octanol–water partition coefficient (Wildman–Crippen LogP) is 5.22. The van der Waals surface area contributed by atoms with Crippen LogP contribution in [0.1, 0.15) is 24.4 Å². The van der Waals surface area contributed by atoms with E-state index in [0.717, 1.165) is 6.07 Å². The summed E-state index contributed by atoms with van der Waals surface area (Å²) in [4.78, 5) is 13.2. The third-order valence-electron chi connectivity index (χ3n) is 5.04. The van der Waals surface area contributed by atoms with Gasteiger partial charge in [-0.1, -0.05) is 6.07 Å². The van der Waals surface area contributed by atoms with Crippen molar-refractivity contribution in [3.8, 4) is 11.5 Å². The van der Waals surface area contributed by atoms with Crippen molar-refractivity contribution in [2.24, 2.45) is 0 Å². The standard InChI is InChI=1S/C19H14BrF5N2O2/c20-9-7-13-15(8-11(9)22)29-14-5-1-3-10(21)16(14)17-12(4-2-6-27(13)17)26-18(28)19(23,24)25/h1,3,5,7-8,12,17H,2,4,6H2,(H,26,28)/t12-,17-/m1/s1. The maximum atomic E-state index is 14.8. The molecule has 1 N–H and O–H groups in total. The second-order valence-electron chi connectivity index (χ2n) is 6.85. The summed E-state index contributed by atoms with van der Waals surface area (Å²) >= 11 is 3.10. The zero-order chi connectivity index (χ0) is 20.9. The molecule has 2 aromatic carbocycles. The second-order valence-corrected chi connectivity index (χ2v) is 7.70. The van der Waals surface area contributed by atoms with E-state index >= 15 is 0 Å². The van der Waals surface area contributed by atoms with E-state index in [0.29, 0.717) is 18.7 Å². The summed E-state index contributed by atoms with van der Waals surface area (Å²) in [5, 5.41) is 2.00. The third-order valence-corrected chi connectivity index (χ3v) is 5.65. The van der Waals surface area contributed by atoms with Gasteiger partial charge in [0.1, 0.15) is 17.4 Å². The van der Waals surface area contributed by atoms with Crippen LogP contribution < -0.4 is 15.0 Å². The maximum Gasteiger partial charge on any atom is 0.471 e. The first-order valence-corrected chi connectivity index (χ1v) is 9.55. The lowest BCUT2D eigenvalue weighted by molar-refractivity contribution is -0.174. The van der Waals surface area contributed by atoms with Gasteiger partial charge in [0.05, 0.1) is 27.8 Å². The summed E-state index contributed by atoms with van der Waals surface area (Å²) in [7, 11) is 0. The number of amides is 1. The Labute approximate surface area is 170 Å². The van der Waals surface area contributed by atoms with Gasteiger partial charge in [0.15, 0.2) is 5.75 Å². The fraction of sp³-hybridized carbons (Fsp3) is 0.316. The van der Waals surface area contributed by atoms with Crippen molar-refractivity contribution >= 4 is 27.5 Å². The van der Waals surface area contributed by atoms with Gasteiger partial charge >= 0.3 is 12.1 Å². The highest BCUT2D eigenvalue weighted by atomic mass is 79.9. The number of carbonyl (C=O) groups excluding carboxylic acids is 1. The van der Waals surface area contributed by atoms with Gasteiger partial charge in [0.2, 0.25) is 0 Å². The highest BCUT2D eigenvalue weighted by Crippen LogP contribution is 2.49. The van der Waals surface area contributed by atoms with E-state index in [-0.39, 0.29) is 28.0 Å². The van der Waals surface area contributed by atoms with Crippen LogP contribution in [0, 0.1) is 11.6 Å². The predicted molar refractivity (Wildman–Crippen MR) is 97.9 cm³/mol. The fourth-order valence-corrected chi connectivity index (χ4v) is 4.19. The minimum absolute atomic E-state index is 0.0207. The number of nitrogens with zero attached hydrogens (tertiary/aromatic N) is 1. The van der Waals surface area contributed by atoms with E-state index in [2.05, 4.69) is 15.9 Å². The SMILES string of the molecule is O=C(N[C@@H]1CCCN2c3cc(Br)c(F)cc3Oc3cccc(F)c3[C@@H]12)C(F)(F)F. The van der Waals surface area contributed by atoms with E-state index in [1.165, 1.54) is 24.3 Å². The van der Waals surface area contributed by atoms with E-state index in [9.17, 15) is 26.7 Å². The maximum absolute atomic E-state index is 14.8. The topological polar surface area (TPSA) is 41.6 Å². The average Bonchev–Trinajstić information content (AvgIpc) is 2.77. The molecule has 0 bridgehead atoms. The molecule has 0 unspecified atom stereocenters. The van der Waals surface area contributed by atoms with Crippen molar-refractivity contribution in [3.05, 3.63) is 52.0 Å². The first-order valence-electron chi connectivity index (χ1n) is 8.76. The van der Waals surface area contributed by atoms with Crippen molar-refractivity contribution in [1.29, 1.82) is 0 Å². The number of alkyl halides is 3. The van der Waals surface area contributed by atoms with Crippen LogP contribution in [0.15, 0.2) is 34.8 Å². The van der Waals surface area contributed by atoms with Crippen LogP contribution in [-0.2, 0) is 4.79 Å². The van der Waals surface area contributed by atoms with Crippen molar-refractivity contribution in [2.45, 2.75) is 31.1 Å². The summed E-state index contributed by atoms with van der Waals surface area (Å²) in [5.74, 6) is -3.19. The van der Waals surface area contributed by atoms with E-state index in [4.69, 9.17) is 4.74 Å². The van der Waals surface area contributed by atoms with Gasteiger partial charge in [-0.3, -0.25) is 4.79 Å². The largest absolute Gasteiger partial charge is 0.471 e. The van der Waals surface area contributed by atoms with Gasteiger partial charge in [-0.05, 0) is 47.0 Å². The van der Waals surface area contributed by atoms with Crippen LogP contribution in [0.4, 0.5) is 27.6 Å². The van der Waals surface area contributed by atoms with Gasteiger partial charge in [0.25, 0.3) is 0 Å². The van der Waals surface area contributed by atoms with Crippen LogP contribution in [0.2, 0.25) is 0 Å². The van der Waals surface area contributed by atoms with Crippen LogP contribution >= 0.6 is 15.9 Å². The molecule has 2 atom stereocenters. The third kappa shape index (κ3) is 3.54. The molecule has 0 radical (unpaired) electrons. The summed E-state index contributed by atoms with van der Waals surface area (Å²) in [6.45, 7) is 0.366. The number of hydrogen-bond acceptors (Lipinski definition) is 3. The van der Waals surface area contributed by atoms with E-state index in [1.54, 1.807) is 4.90 Å². The molecule has 1 amide bonds. The van der Waals surface area contributed by atoms with Crippen LogP contribution in [0.3, 0.4) is 0 Å². The average molecular weight is 477 g/mol. The summed E-state index contributed by atoms with van der Waals surface area (Å²) in [5.41, 5.74) is 0.414. The summed E-state index contributed by atoms with van der Waals surface area (Å²) < 4.78 is 73.3. The minimum atomic E-state index is -5.06. The van der Waals surface area contributed by atoms with Gasteiger partial charge in [0, 0.05) is 12.6 Å². The Morgan fingerprint density at radius 3 is 2.66 bits per heavy atom. The first-order chi connectivity index (χ1) is 13.7. The molecule has 0 spiro atoms. The Balaban J connectivity index is 1.87. The number of anilines is 1. The fourth-order valence-electron chi connectivity index (χ4n) is 3.86. The summed E-state index contributed by atoms with van der Waals surface area (Å²) in [6.07, 6.45) is -4.41. The van der Waals surface area contributed by atoms with Crippen LogP contribution in [-0.4, -0.2) is 24.7 Å². The molecule has 4 rings (SSSR count). The van der Waals surface area contributed by atoms with Crippen molar-refractivity contribution in [1.82, 2.24) is 5.32 Å². The minimum Gasteiger partial charge on any atom is -0.455 e. The molecule has 1 fully saturated rings. The van der Waals surface area contributed by atoms with Gasteiger partial charge in [-0.2, -0.15) is 13.2 Å². The molecule has 0 aromatic heterocycles. The molecular weight excluding hydrogens is 463 g/mol. The molecule has 2 aliphatic rings. The Hall–Kier alpha value is -2.36. The monoisotopic (exact) mass is 476 g/mol. The molecule has 4 nitrogen and oxygen atoms in total. The van der Waals surface area contributed by atoms with Crippen molar-refractivity contribution < 1.29 is 31.5 Å². The number of halogens is 6. The molecule has 0 saturated carbocycles. The first kappa shape index (κ1) is 19.9. The number of rotatable bonds is 1. The number of ether oxygens (including phenoxy) is 1. The Morgan fingerprint density at radius 2 is 1.93 bits per heavy atom. The molecule has 1 saturated heterocycles. The number of nitrogens with one attached hydrogen (secondary N) is 1. The molecule has 29 heavy (non-hydrogen) atoms. The van der Waals surface area contributed by atoms with Crippen molar-refractivity contribution in [3.63, 3.8) is 0 Å². The van der Waals surface area contributed by atoms with Crippen LogP contribution in [0.25, 0.3) is 0 Å². The molecular formula is C19H14BrF5N2O2. The number of benzene rings is 2. The molecule has 2 aromatic rings. The zero-order valence-electron chi connectivity index (χ0n) is 14.7. The highest BCUT2D eigenvalue weighted by molar-refractivity contribution is 9.10. The van der Waals surface area contributed by atoms with Crippen LogP contribution in [0.5, 0.6) is 11.5 Å². The van der Waals surface area contributed by atoms with E-state index in [1.807, 2.05) is 5.32 Å². The Kier molecular flexibility index (Phi) is 4.92. The normalized spacial score (nSPS) is 20.7. The lowest BCUT2D eigenvalue weighted by Gasteiger charge is -2.42. The van der Waals surface area contributed by atoms with Gasteiger partial charge < -0.3 is 15.0 Å². The quantitative estimate of drug-likeness (QED) is 0.573. The van der Waals surface area contributed by atoms with Gasteiger partial charge in [-0.25, -0.2) is 8.78 Å². The Bertz CT molecular complexity index is 982. The van der Waals surface area contributed by atoms with E-state index < -0.39 is 35.8 Å². The lowest BCUT2D eigenvalue weighted by Crippen LogP contribution is -2.53. The zero-order valence-corrected chi connectivity index (χ0v) is 16.3. The molecule has 2 aliphatic heterocycles. The number of hydrogen-bond donors (Lipinski definition) is 1. The summed E-state index contributed by atoms with van der Waals surface area (Å²) in [6, 6.07) is 4.62. The highest BCUT2D eigenvalue weighted by Gasteiger charge is 2.45. The van der Waals surface area contributed by atoms with Crippen molar-refractivity contribution in [2.75, 3.05) is 11.4 Å². The molecule has 2 heterocycles.